The molecule has 0 atom stereocenters. The molecule has 0 aliphatic heterocycles. The Morgan fingerprint density at radius 3 is 2.64 bits per heavy atom. The quantitative estimate of drug-likeness (QED) is 0.451. The Labute approximate surface area is 162 Å². The van der Waals surface area contributed by atoms with Gasteiger partial charge in [-0.15, -0.1) is 0 Å². The molecule has 0 bridgehead atoms. The topological polar surface area (TPSA) is 85.1 Å². The summed E-state index contributed by atoms with van der Waals surface area (Å²) in [6.45, 7) is 1.71. The summed E-state index contributed by atoms with van der Waals surface area (Å²) in [6.07, 6.45) is 3.50. The first kappa shape index (κ1) is 17.9. The van der Waals surface area contributed by atoms with Crippen LogP contribution in [0.3, 0.4) is 0 Å². The van der Waals surface area contributed by atoms with Crippen LogP contribution >= 0.6 is 0 Å². The number of benzene rings is 1. The first-order valence-corrected chi connectivity index (χ1v) is 9.06. The third-order valence-electron chi connectivity index (χ3n) is 4.27. The van der Waals surface area contributed by atoms with E-state index in [0.717, 1.165) is 22.2 Å². The van der Waals surface area contributed by atoms with Gasteiger partial charge in [-0.2, -0.15) is 9.97 Å². The molecular weight excluding hydrogens is 354 g/mol. The van der Waals surface area contributed by atoms with Crippen LogP contribution in [0.1, 0.15) is 5.69 Å². The first-order valence-electron chi connectivity index (χ1n) is 9.06. The van der Waals surface area contributed by atoms with Crippen LogP contribution in [0, 0.1) is 0 Å². The number of fused-ring (bicyclic) bond motifs is 1. The molecule has 0 unspecified atom stereocenters. The molecule has 0 saturated carbocycles. The molecule has 0 amide bonds. The average Bonchev–Trinajstić information content (AvgIpc) is 3.18. The highest BCUT2D eigenvalue weighted by atomic mass is 16.5. The second-order valence-electron chi connectivity index (χ2n) is 6.19. The Morgan fingerprint density at radius 2 is 1.86 bits per heavy atom. The summed E-state index contributed by atoms with van der Waals surface area (Å²) in [5.41, 5.74) is 3.44. The van der Waals surface area contributed by atoms with Crippen LogP contribution in [-0.2, 0) is 11.3 Å². The monoisotopic (exact) mass is 375 g/mol. The van der Waals surface area contributed by atoms with Crippen molar-refractivity contribution in [2.75, 3.05) is 30.9 Å². The maximum Gasteiger partial charge on any atom is 0.233 e. The molecule has 3 aromatic heterocycles. The molecule has 4 aromatic rings. The van der Waals surface area contributed by atoms with Crippen molar-refractivity contribution >= 4 is 22.9 Å². The Kier molecular flexibility index (Phi) is 5.44. The second kappa shape index (κ2) is 8.49. The number of anilines is 2. The fourth-order valence-electron chi connectivity index (χ4n) is 2.92. The van der Waals surface area contributed by atoms with Crippen molar-refractivity contribution in [3.05, 3.63) is 66.7 Å². The summed E-state index contributed by atoms with van der Waals surface area (Å²) in [4.78, 5) is 13.5. The number of aromatic nitrogens is 3. The van der Waals surface area contributed by atoms with E-state index in [1.54, 1.807) is 19.6 Å². The van der Waals surface area contributed by atoms with Crippen LogP contribution in [0.2, 0.25) is 0 Å². The normalized spacial score (nSPS) is 10.9. The molecule has 4 rings (SSSR count). The van der Waals surface area contributed by atoms with E-state index in [4.69, 9.17) is 9.15 Å². The zero-order valence-corrected chi connectivity index (χ0v) is 15.6. The number of furan rings is 1. The summed E-state index contributed by atoms with van der Waals surface area (Å²) < 4.78 is 10.8. The van der Waals surface area contributed by atoms with Crippen molar-refractivity contribution < 1.29 is 9.15 Å². The smallest absolute Gasteiger partial charge is 0.233 e. The minimum Gasteiger partial charge on any atom is -0.445 e. The maximum absolute atomic E-state index is 5.77. The minimum atomic E-state index is 0.488. The van der Waals surface area contributed by atoms with Gasteiger partial charge in [0.25, 0.3) is 0 Å². The molecule has 0 fully saturated rings. The number of pyridine rings is 1. The third-order valence-corrected chi connectivity index (χ3v) is 4.27. The van der Waals surface area contributed by atoms with Gasteiger partial charge in [0.2, 0.25) is 11.7 Å². The Hall–Kier alpha value is -3.45. The molecule has 1 aromatic carbocycles. The van der Waals surface area contributed by atoms with Crippen molar-refractivity contribution in [2.24, 2.45) is 0 Å². The average molecular weight is 375 g/mol. The fraction of sp³-hybridized carbons (Fsp3) is 0.190. The van der Waals surface area contributed by atoms with Crippen LogP contribution in [0.25, 0.3) is 22.2 Å². The van der Waals surface area contributed by atoms with E-state index < -0.39 is 0 Å². The number of hydrogen-bond donors (Lipinski definition) is 2. The molecule has 0 aliphatic carbocycles. The van der Waals surface area contributed by atoms with Crippen molar-refractivity contribution in [3.8, 4) is 11.1 Å². The molecule has 0 radical (unpaired) electrons. The highest BCUT2D eigenvalue weighted by Crippen LogP contribution is 2.34. The Balaban J connectivity index is 1.72. The van der Waals surface area contributed by atoms with Gasteiger partial charge in [-0.1, -0.05) is 36.4 Å². The van der Waals surface area contributed by atoms with E-state index in [-0.39, 0.29) is 0 Å². The molecule has 0 saturated heterocycles. The van der Waals surface area contributed by atoms with Gasteiger partial charge in [0.15, 0.2) is 0 Å². The SMILES string of the molecule is COCCNc1nc(NCc2ccccn2)c2c(-c3ccccc3)coc2n1. The second-order valence-corrected chi connectivity index (χ2v) is 6.19. The van der Waals surface area contributed by atoms with Crippen LogP contribution in [-0.4, -0.2) is 35.2 Å². The zero-order chi connectivity index (χ0) is 19.2. The lowest BCUT2D eigenvalue weighted by molar-refractivity contribution is 0.210. The lowest BCUT2D eigenvalue weighted by Gasteiger charge is -2.10. The van der Waals surface area contributed by atoms with E-state index in [0.29, 0.717) is 37.2 Å². The summed E-state index contributed by atoms with van der Waals surface area (Å²) in [5, 5.41) is 7.40. The number of ether oxygens (including phenoxy) is 1. The molecule has 2 N–H and O–H groups in total. The highest BCUT2D eigenvalue weighted by Gasteiger charge is 2.17. The molecule has 28 heavy (non-hydrogen) atoms. The number of rotatable bonds is 8. The van der Waals surface area contributed by atoms with Crippen molar-refractivity contribution in [2.45, 2.75) is 6.54 Å². The van der Waals surface area contributed by atoms with E-state index in [9.17, 15) is 0 Å². The van der Waals surface area contributed by atoms with Gasteiger partial charge >= 0.3 is 0 Å². The van der Waals surface area contributed by atoms with E-state index in [1.165, 1.54) is 0 Å². The molecule has 0 spiro atoms. The van der Waals surface area contributed by atoms with E-state index in [2.05, 4.69) is 25.6 Å². The summed E-state index contributed by atoms with van der Waals surface area (Å²) >= 11 is 0. The van der Waals surface area contributed by atoms with Gasteiger partial charge < -0.3 is 19.8 Å². The lowest BCUT2D eigenvalue weighted by atomic mass is 10.1. The van der Waals surface area contributed by atoms with E-state index >= 15 is 0 Å². The number of hydrogen-bond acceptors (Lipinski definition) is 7. The zero-order valence-electron chi connectivity index (χ0n) is 15.6. The van der Waals surface area contributed by atoms with Gasteiger partial charge in [-0.25, -0.2) is 0 Å². The number of methoxy groups -OCH3 is 1. The fourth-order valence-corrected chi connectivity index (χ4v) is 2.92. The van der Waals surface area contributed by atoms with Crippen LogP contribution in [0.4, 0.5) is 11.8 Å². The predicted molar refractivity (Wildman–Crippen MR) is 109 cm³/mol. The molecule has 7 nitrogen and oxygen atoms in total. The van der Waals surface area contributed by atoms with Crippen LogP contribution in [0.15, 0.2) is 65.4 Å². The number of nitrogens with one attached hydrogen (secondary N) is 2. The Bertz CT molecular complexity index is 1030. The van der Waals surface area contributed by atoms with E-state index in [1.807, 2.05) is 48.5 Å². The van der Waals surface area contributed by atoms with Gasteiger partial charge in [-0.05, 0) is 17.7 Å². The molecule has 3 heterocycles. The Morgan fingerprint density at radius 1 is 1.00 bits per heavy atom. The van der Waals surface area contributed by atoms with Crippen molar-refractivity contribution in [1.29, 1.82) is 0 Å². The lowest BCUT2D eigenvalue weighted by Crippen LogP contribution is -2.12. The van der Waals surface area contributed by atoms with Crippen LogP contribution < -0.4 is 10.6 Å². The molecular formula is C21H21N5O2. The van der Waals surface area contributed by atoms with Gasteiger partial charge in [0, 0.05) is 25.4 Å². The van der Waals surface area contributed by atoms with Crippen LogP contribution in [0.5, 0.6) is 0 Å². The maximum atomic E-state index is 5.77. The summed E-state index contributed by atoms with van der Waals surface area (Å²) in [6, 6.07) is 15.9. The third kappa shape index (κ3) is 3.94. The molecule has 142 valence electrons. The van der Waals surface area contributed by atoms with Crippen molar-refractivity contribution in [3.63, 3.8) is 0 Å². The van der Waals surface area contributed by atoms with Gasteiger partial charge in [0.1, 0.15) is 12.1 Å². The molecule has 0 aliphatic rings. The molecule has 7 heteroatoms. The number of nitrogens with zero attached hydrogens (tertiary/aromatic N) is 3. The summed E-state index contributed by atoms with van der Waals surface area (Å²) in [7, 11) is 1.66. The largest absolute Gasteiger partial charge is 0.445 e. The predicted octanol–water partition coefficient (Wildman–Crippen LogP) is 3.96. The highest BCUT2D eigenvalue weighted by molar-refractivity contribution is 6.00. The van der Waals surface area contributed by atoms with Gasteiger partial charge in [-0.3, -0.25) is 4.98 Å². The minimum absolute atomic E-state index is 0.488. The first-order chi connectivity index (χ1) is 13.8. The van der Waals surface area contributed by atoms with Gasteiger partial charge in [0.05, 0.1) is 24.2 Å². The standard InChI is InChI=1S/C21H21N5O2/c1-27-12-11-23-21-25-19(24-13-16-9-5-6-10-22-16)18-17(14-28-20(18)26-21)15-7-3-2-4-8-15/h2-10,14H,11-13H2,1H3,(H2,23,24,25,26). The summed E-state index contributed by atoms with van der Waals surface area (Å²) in [5.74, 6) is 1.19. The van der Waals surface area contributed by atoms with Crippen molar-refractivity contribution in [1.82, 2.24) is 15.0 Å².